The van der Waals surface area contributed by atoms with E-state index in [1.54, 1.807) is 12.1 Å². The SMILES string of the molecule is CCNCc1cn(Cc2ccc(O)cc2)nc1C. The quantitative estimate of drug-likeness (QED) is 0.847. The van der Waals surface area contributed by atoms with Gasteiger partial charge < -0.3 is 10.4 Å². The van der Waals surface area contributed by atoms with Crippen LogP contribution in [0.3, 0.4) is 0 Å². The number of aromatic nitrogens is 2. The highest BCUT2D eigenvalue weighted by molar-refractivity contribution is 5.26. The number of aromatic hydroxyl groups is 1. The highest BCUT2D eigenvalue weighted by atomic mass is 16.3. The Kier molecular flexibility index (Phi) is 3.99. The molecular formula is C14H19N3O. The van der Waals surface area contributed by atoms with Crippen LogP contribution in [0, 0.1) is 6.92 Å². The summed E-state index contributed by atoms with van der Waals surface area (Å²) in [5.41, 5.74) is 3.43. The van der Waals surface area contributed by atoms with Crippen molar-refractivity contribution in [2.24, 2.45) is 0 Å². The molecule has 0 aliphatic heterocycles. The van der Waals surface area contributed by atoms with E-state index in [1.807, 2.05) is 23.7 Å². The first kappa shape index (κ1) is 12.6. The Hall–Kier alpha value is -1.81. The molecule has 1 aromatic heterocycles. The second kappa shape index (κ2) is 5.69. The molecule has 2 N–H and O–H groups in total. The number of nitrogens with one attached hydrogen (secondary N) is 1. The highest BCUT2D eigenvalue weighted by Gasteiger charge is 2.04. The first-order valence-electron chi connectivity index (χ1n) is 6.20. The van der Waals surface area contributed by atoms with E-state index in [9.17, 15) is 5.11 Å². The van der Waals surface area contributed by atoms with Crippen LogP contribution < -0.4 is 5.32 Å². The number of hydrogen-bond acceptors (Lipinski definition) is 3. The van der Waals surface area contributed by atoms with Crippen LogP contribution in [0.1, 0.15) is 23.7 Å². The molecule has 0 bridgehead atoms. The third kappa shape index (κ3) is 3.11. The monoisotopic (exact) mass is 245 g/mol. The van der Waals surface area contributed by atoms with E-state index in [0.29, 0.717) is 5.75 Å². The predicted molar refractivity (Wildman–Crippen MR) is 71.6 cm³/mol. The Labute approximate surface area is 107 Å². The molecule has 4 heteroatoms. The number of phenols is 1. The molecule has 0 radical (unpaired) electrons. The van der Waals surface area contributed by atoms with Crippen LogP contribution in [0.5, 0.6) is 5.75 Å². The summed E-state index contributed by atoms with van der Waals surface area (Å²) < 4.78 is 1.94. The van der Waals surface area contributed by atoms with Crippen LogP contribution >= 0.6 is 0 Å². The van der Waals surface area contributed by atoms with Crippen molar-refractivity contribution in [3.05, 3.63) is 47.3 Å². The van der Waals surface area contributed by atoms with Crippen LogP contribution in [0.2, 0.25) is 0 Å². The number of benzene rings is 1. The van der Waals surface area contributed by atoms with E-state index in [4.69, 9.17) is 0 Å². The fourth-order valence-corrected chi connectivity index (χ4v) is 1.86. The summed E-state index contributed by atoms with van der Waals surface area (Å²) in [4.78, 5) is 0. The van der Waals surface area contributed by atoms with Crippen LogP contribution in [0.4, 0.5) is 0 Å². The lowest BCUT2D eigenvalue weighted by Gasteiger charge is -2.02. The standard InChI is InChI=1S/C14H19N3O/c1-3-15-8-13-10-17(16-11(13)2)9-12-4-6-14(18)7-5-12/h4-7,10,15,18H,3,8-9H2,1-2H3. The molecule has 18 heavy (non-hydrogen) atoms. The first-order chi connectivity index (χ1) is 8.69. The topological polar surface area (TPSA) is 50.1 Å². The van der Waals surface area contributed by atoms with Crippen LogP contribution in [0.25, 0.3) is 0 Å². The van der Waals surface area contributed by atoms with Gasteiger partial charge in [-0.25, -0.2) is 0 Å². The fourth-order valence-electron chi connectivity index (χ4n) is 1.86. The van der Waals surface area contributed by atoms with Crippen molar-refractivity contribution < 1.29 is 5.11 Å². The molecule has 0 saturated carbocycles. The fraction of sp³-hybridized carbons (Fsp3) is 0.357. The Balaban J connectivity index is 2.07. The Bertz CT molecular complexity index is 502. The molecule has 1 heterocycles. The lowest BCUT2D eigenvalue weighted by Crippen LogP contribution is -2.11. The largest absolute Gasteiger partial charge is 0.508 e. The summed E-state index contributed by atoms with van der Waals surface area (Å²) >= 11 is 0. The highest BCUT2D eigenvalue weighted by Crippen LogP contribution is 2.12. The minimum atomic E-state index is 0.295. The minimum absolute atomic E-state index is 0.295. The molecule has 0 saturated heterocycles. The van der Waals surface area contributed by atoms with E-state index in [2.05, 4.69) is 23.5 Å². The maximum Gasteiger partial charge on any atom is 0.115 e. The van der Waals surface area contributed by atoms with Crippen molar-refractivity contribution in [1.29, 1.82) is 0 Å². The smallest absolute Gasteiger partial charge is 0.115 e. The summed E-state index contributed by atoms with van der Waals surface area (Å²) in [6.45, 7) is 6.67. The van der Waals surface area contributed by atoms with Crippen LogP contribution in [-0.2, 0) is 13.1 Å². The van der Waals surface area contributed by atoms with Gasteiger partial charge in [-0.3, -0.25) is 4.68 Å². The lowest BCUT2D eigenvalue weighted by atomic mass is 10.2. The average Bonchev–Trinajstić information content (AvgIpc) is 2.70. The van der Waals surface area contributed by atoms with Crippen molar-refractivity contribution in [3.8, 4) is 5.75 Å². The predicted octanol–water partition coefficient (Wildman–Crippen LogP) is 2.05. The van der Waals surface area contributed by atoms with Gasteiger partial charge in [-0.2, -0.15) is 5.10 Å². The van der Waals surface area contributed by atoms with Crippen molar-refractivity contribution in [3.63, 3.8) is 0 Å². The Morgan fingerprint density at radius 2 is 2.00 bits per heavy atom. The van der Waals surface area contributed by atoms with E-state index in [-0.39, 0.29) is 0 Å². The molecule has 0 atom stereocenters. The molecule has 0 amide bonds. The van der Waals surface area contributed by atoms with Gasteiger partial charge in [-0.1, -0.05) is 19.1 Å². The maximum atomic E-state index is 9.24. The summed E-state index contributed by atoms with van der Waals surface area (Å²) in [6, 6.07) is 7.23. The van der Waals surface area contributed by atoms with Gasteiger partial charge >= 0.3 is 0 Å². The molecular weight excluding hydrogens is 226 g/mol. The second-order valence-corrected chi connectivity index (χ2v) is 4.38. The van der Waals surface area contributed by atoms with Gasteiger partial charge in [-0.05, 0) is 31.2 Å². The molecule has 96 valence electrons. The normalized spacial score (nSPS) is 10.8. The summed E-state index contributed by atoms with van der Waals surface area (Å²) in [5.74, 6) is 0.295. The second-order valence-electron chi connectivity index (χ2n) is 4.38. The molecule has 2 rings (SSSR count). The molecule has 4 nitrogen and oxygen atoms in total. The zero-order valence-corrected chi connectivity index (χ0v) is 10.8. The van der Waals surface area contributed by atoms with Crippen LogP contribution in [0.15, 0.2) is 30.5 Å². The first-order valence-corrected chi connectivity index (χ1v) is 6.20. The van der Waals surface area contributed by atoms with Crippen LogP contribution in [-0.4, -0.2) is 21.4 Å². The van der Waals surface area contributed by atoms with Gasteiger partial charge in [0, 0.05) is 18.3 Å². The van der Waals surface area contributed by atoms with Gasteiger partial charge in [0.15, 0.2) is 0 Å². The maximum absolute atomic E-state index is 9.24. The van der Waals surface area contributed by atoms with E-state index >= 15 is 0 Å². The minimum Gasteiger partial charge on any atom is -0.508 e. The number of hydrogen-bond donors (Lipinski definition) is 2. The van der Waals surface area contributed by atoms with Gasteiger partial charge in [0.2, 0.25) is 0 Å². The molecule has 0 aliphatic rings. The van der Waals surface area contributed by atoms with Gasteiger partial charge in [0.05, 0.1) is 12.2 Å². The van der Waals surface area contributed by atoms with E-state index in [1.165, 1.54) is 5.56 Å². The number of rotatable bonds is 5. The van der Waals surface area contributed by atoms with Crippen molar-refractivity contribution in [1.82, 2.24) is 15.1 Å². The Morgan fingerprint density at radius 3 is 2.67 bits per heavy atom. The van der Waals surface area contributed by atoms with E-state index in [0.717, 1.165) is 30.9 Å². The summed E-state index contributed by atoms with van der Waals surface area (Å²) in [7, 11) is 0. The summed E-state index contributed by atoms with van der Waals surface area (Å²) in [5, 5.41) is 17.0. The zero-order chi connectivity index (χ0) is 13.0. The molecule has 1 aromatic carbocycles. The third-order valence-electron chi connectivity index (χ3n) is 2.89. The lowest BCUT2D eigenvalue weighted by molar-refractivity contribution is 0.475. The number of nitrogens with zero attached hydrogens (tertiary/aromatic N) is 2. The van der Waals surface area contributed by atoms with Crippen molar-refractivity contribution >= 4 is 0 Å². The van der Waals surface area contributed by atoms with E-state index < -0.39 is 0 Å². The number of phenolic OH excluding ortho intramolecular Hbond substituents is 1. The number of aryl methyl sites for hydroxylation is 1. The Morgan fingerprint density at radius 1 is 1.28 bits per heavy atom. The molecule has 0 spiro atoms. The van der Waals surface area contributed by atoms with Gasteiger partial charge in [0.1, 0.15) is 5.75 Å². The third-order valence-corrected chi connectivity index (χ3v) is 2.89. The van der Waals surface area contributed by atoms with Crippen molar-refractivity contribution in [2.45, 2.75) is 26.9 Å². The molecule has 0 aliphatic carbocycles. The average molecular weight is 245 g/mol. The molecule has 0 fully saturated rings. The molecule has 0 unspecified atom stereocenters. The molecule has 2 aromatic rings. The zero-order valence-electron chi connectivity index (χ0n) is 10.8. The van der Waals surface area contributed by atoms with Gasteiger partial charge in [0.25, 0.3) is 0 Å². The van der Waals surface area contributed by atoms with Crippen molar-refractivity contribution in [2.75, 3.05) is 6.54 Å². The van der Waals surface area contributed by atoms with Gasteiger partial charge in [-0.15, -0.1) is 0 Å². The summed E-state index contributed by atoms with van der Waals surface area (Å²) in [6.07, 6.45) is 2.07.